The van der Waals surface area contributed by atoms with E-state index >= 15 is 0 Å². The minimum atomic E-state index is -0.242. The molecule has 0 aliphatic heterocycles. The van der Waals surface area contributed by atoms with Gasteiger partial charge in [-0.3, -0.25) is 4.98 Å². The summed E-state index contributed by atoms with van der Waals surface area (Å²) in [4.78, 5) is 4.29. The van der Waals surface area contributed by atoms with E-state index in [0.29, 0.717) is 0 Å². The van der Waals surface area contributed by atoms with Crippen molar-refractivity contribution in [1.29, 1.82) is 0 Å². The van der Waals surface area contributed by atoms with Crippen LogP contribution in [0.25, 0.3) is 0 Å². The van der Waals surface area contributed by atoms with Crippen LogP contribution in [0.15, 0.2) is 24.4 Å². The van der Waals surface area contributed by atoms with Gasteiger partial charge in [0.15, 0.2) is 0 Å². The van der Waals surface area contributed by atoms with E-state index in [2.05, 4.69) is 18.8 Å². The van der Waals surface area contributed by atoms with E-state index < -0.39 is 0 Å². The Morgan fingerprint density at radius 3 is 2.64 bits per heavy atom. The van der Waals surface area contributed by atoms with Crippen molar-refractivity contribution in [3.63, 3.8) is 0 Å². The second-order valence-corrected chi connectivity index (χ2v) is 4.72. The van der Waals surface area contributed by atoms with Gasteiger partial charge in [-0.05, 0) is 37.3 Å². The molecule has 0 aromatic carbocycles. The van der Waals surface area contributed by atoms with Crippen LogP contribution in [0.3, 0.4) is 0 Å². The third-order valence-corrected chi connectivity index (χ3v) is 2.23. The van der Waals surface area contributed by atoms with E-state index in [1.54, 1.807) is 0 Å². The minimum Gasteiger partial charge on any atom is -0.393 e. The number of aliphatic hydroxyl groups is 1. The van der Waals surface area contributed by atoms with E-state index in [1.807, 2.05) is 31.3 Å². The van der Waals surface area contributed by atoms with Gasteiger partial charge in [0.25, 0.3) is 0 Å². The van der Waals surface area contributed by atoms with Gasteiger partial charge < -0.3 is 5.11 Å². The van der Waals surface area contributed by atoms with Gasteiger partial charge in [-0.15, -0.1) is 0 Å². The predicted octanol–water partition coefficient (Wildman–Crippen LogP) is 2.42. The molecule has 2 heteroatoms. The third kappa shape index (κ3) is 3.88. The zero-order chi connectivity index (χ0) is 10.6. The Labute approximate surface area is 86.0 Å². The second kappa shape index (κ2) is 4.56. The largest absolute Gasteiger partial charge is 0.393 e. The van der Waals surface area contributed by atoms with Crippen molar-refractivity contribution in [2.75, 3.05) is 0 Å². The fourth-order valence-corrected chi connectivity index (χ4v) is 1.86. The van der Waals surface area contributed by atoms with Gasteiger partial charge in [-0.25, -0.2) is 0 Å². The van der Waals surface area contributed by atoms with Gasteiger partial charge in [-0.1, -0.05) is 19.9 Å². The molecule has 2 nitrogen and oxygen atoms in total. The molecule has 1 atom stereocenters. The molecule has 0 bridgehead atoms. The van der Waals surface area contributed by atoms with Crippen LogP contribution < -0.4 is 0 Å². The highest BCUT2D eigenvalue weighted by molar-refractivity contribution is 5.05. The van der Waals surface area contributed by atoms with Gasteiger partial charge >= 0.3 is 0 Å². The van der Waals surface area contributed by atoms with Crippen molar-refractivity contribution in [3.05, 3.63) is 30.1 Å². The summed E-state index contributed by atoms with van der Waals surface area (Å²) in [5.41, 5.74) is 1.21. The van der Waals surface area contributed by atoms with Crippen LogP contribution in [0, 0.1) is 5.41 Å². The number of pyridine rings is 1. The molecule has 0 saturated carbocycles. The molecule has 1 heterocycles. The fraction of sp³-hybridized carbons (Fsp3) is 0.583. The van der Waals surface area contributed by atoms with Crippen molar-refractivity contribution in [2.24, 2.45) is 5.41 Å². The molecule has 0 spiro atoms. The maximum atomic E-state index is 9.35. The van der Waals surface area contributed by atoms with E-state index in [4.69, 9.17) is 0 Å². The molecule has 1 unspecified atom stereocenters. The molecular formula is C12H19NO. The first kappa shape index (κ1) is 11.2. The zero-order valence-corrected chi connectivity index (χ0v) is 9.20. The molecule has 0 radical (unpaired) electrons. The van der Waals surface area contributed by atoms with Crippen LogP contribution in [-0.2, 0) is 6.42 Å². The summed E-state index contributed by atoms with van der Waals surface area (Å²) in [6, 6.07) is 5.95. The molecule has 0 aliphatic carbocycles. The summed E-state index contributed by atoms with van der Waals surface area (Å²) >= 11 is 0. The fourth-order valence-electron chi connectivity index (χ4n) is 1.86. The number of nitrogens with zero attached hydrogens (tertiary/aromatic N) is 1. The lowest BCUT2D eigenvalue weighted by atomic mass is 9.82. The van der Waals surface area contributed by atoms with E-state index in [9.17, 15) is 5.11 Å². The van der Waals surface area contributed by atoms with Crippen molar-refractivity contribution in [1.82, 2.24) is 4.98 Å². The lowest BCUT2D eigenvalue weighted by Crippen LogP contribution is -2.21. The van der Waals surface area contributed by atoms with E-state index in [0.717, 1.165) is 18.5 Å². The number of aliphatic hydroxyl groups excluding tert-OH is 1. The first-order valence-corrected chi connectivity index (χ1v) is 5.07. The zero-order valence-electron chi connectivity index (χ0n) is 9.20. The average molecular weight is 193 g/mol. The summed E-state index contributed by atoms with van der Waals surface area (Å²) < 4.78 is 0. The number of aromatic nitrogens is 1. The van der Waals surface area contributed by atoms with Crippen molar-refractivity contribution in [2.45, 2.75) is 39.7 Å². The van der Waals surface area contributed by atoms with E-state index in [-0.39, 0.29) is 11.5 Å². The van der Waals surface area contributed by atoms with Crippen molar-refractivity contribution in [3.8, 4) is 0 Å². The van der Waals surface area contributed by atoms with Crippen LogP contribution in [0.5, 0.6) is 0 Å². The second-order valence-electron chi connectivity index (χ2n) is 4.72. The van der Waals surface area contributed by atoms with Crippen molar-refractivity contribution >= 4 is 0 Å². The monoisotopic (exact) mass is 193 g/mol. The minimum absolute atomic E-state index is 0.114. The van der Waals surface area contributed by atoms with Crippen molar-refractivity contribution < 1.29 is 5.11 Å². The summed E-state index contributed by atoms with van der Waals surface area (Å²) in [6.07, 6.45) is 3.30. The molecule has 0 fully saturated rings. The van der Waals surface area contributed by atoms with E-state index in [1.165, 1.54) is 0 Å². The molecule has 1 aromatic heterocycles. The van der Waals surface area contributed by atoms with Crippen LogP contribution in [-0.4, -0.2) is 16.2 Å². The Balaban J connectivity index is 2.59. The Morgan fingerprint density at radius 1 is 1.43 bits per heavy atom. The summed E-state index contributed by atoms with van der Waals surface area (Å²) in [5, 5.41) is 9.35. The van der Waals surface area contributed by atoms with Crippen LogP contribution >= 0.6 is 0 Å². The van der Waals surface area contributed by atoms with Gasteiger partial charge in [0.05, 0.1) is 6.10 Å². The average Bonchev–Trinajstić information content (AvgIpc) is 2.02. The van der Waals surface area contributed by atoms with Gasteiger partial charge in [0.2, 0.25) is 0 Å². The number of rotatable bonds is 4. The summed E-state index contributed by atoms with van der Waals surface area (Å²) in [6.45, 7) is 6.16. The topological polar surface area (TPSA) is 33.1 Å². The Kier molecular flexibility index (Phi) is 3.64. The smallest absolute Gasteiger partial charge is 0.0517 e. The maximum absolute atomic E-state index is 9.35. The van der Waals surface area contributed by atoms with Gasteiger partial charge in [-0.2, -0.15) is 0 Å². The highest BCUT2D eigenvalue weighted by atomic mass is 16.3. The standard InChI is InChI=1S/C12H19NO/c1-10(14)8-12(2,3)9-11-6-4-5-7-13-11/h4-7,10,14H,8-9H2,1-3H3. The SMILES string of the molecule is CC(O)CC(C)(C)Cc1ccccn1. The maximum Gasteiger partial charge on any atom is 0.0517 e. The lowest BCUT2D eigenvalue weighted by Gasteiger charge is -2.25. The normalized spacial score (nSPS) is 14.0. The Morgan fingerprint density at radius 2 is 2.14 bits per heavy atom. The van der Waals surface area contributed by atoms with Crippen LogP contribution in [0.1, 0.15) is 32.9 Å². The number of hydrogen-bond donors (Lipinski definition) is 1. The molecule has 1 rings (SSSR count). The molecule has 0 aliphatic rings. The van der Waals surface area contributed by atoms with Gasteiger partial charge in [0, 0.05) is 11.9 Å². The van der Waals surface area contributed by atoms with Crippen LogP contribution in [0.2, 0.25) is 0 Å². The first-order valence-electron chi connectivity index (χ1n) is 5.07. The van der Waals surface area contributed by atoms with Crippen LogP contribution in [0.4, 0.5) is 0 Å². The predicted molar refractivity (Wildman–Crippen MR) is 58.0 cm³/mol. The molecule has 78 valence electrons. The quantitative estimate of drug-likeness (QED) is 0.796. The molecule has 0 amide bonds. The third-order valence-electron chi connectivity index (χ3n) is 2.23. The molecule has 0 saturated heterocycles. The molecule has 14 heavy (non-hydrogen) atoms. The molecule has 1 N–H and O–H groups in total. The lowest BCUT2D eigenvalue weighted by molar-refractivity contribution is 0.129. The first-order chi connectivity index (χ1) is 6.49. The Bertz CT molecular complexity index is 267. The summed E-state index contributed by atoms with van der Waals surface area (Å²) in [7, 11) is 0. The molecular weight excluding hydrogens is 174 g/mol. The number of hydrogen-bond acceptors (Lipinski definition) is 2. The Hall–Kier alpha value is -0.890. The van der Waals surface area contributed by atoms with Gasteiger partial charge in [0.1, 0.15) is 0 Å². The summed E-state index contributed by atoms with van der Waals surface area (Å²) in [5.74, 6) is 0. The molecule has 1 aromatic rings. The highest BCUT2D eigenvalue weighted by Gasteiger charge is 2.21. The highest BCUT2D eigenvalue weighted by Crippen LogP contribution is 2.26.